The van der Waals surface area contributed by atoms with E-state index in [0.717, 1.165) is 30.3 Å². The van der Waals surface area contributed by atoms with Crippen LogP contribution in [0.5, 0.6) is 0 Å². The van der Waals surface area contributed by atoms with Gasteiger partial charge >= 0.3 is 6.03 Å². The summed E-state index contributed by atoms with van der Waals surface area (Å²) in [6.45, 7) is 1.27. The summed E-state index contributed by atoms with van der Waals surface area (Å²) in [5.41, 5.74) is 0.757. The first-order chi connectivity index (χ1) is 13.0. The number of hydrogen-bond donors (Lipinski definition) is 0. The van der Waals surface area contributed by atoms with Gasteiger partial charge in [-0.2, -0.15) is 4.68 Å². The van der Waals surface area contributed by atoms with Crippen LogP contribution in [0, 0.1) is 0 Å². The van der Waals surface area contributed by atoms with Crippen molar-refractivity contribution < 1.29 is 13.2 Å². The summed E-state index contributed by atoms with van der Waals surface area (Å²) in [5, 5.41) is 3.69. The smallest absolute Gasteiger partial charge is 0.323 e. The maximum atomic E-state index is 12.7. The molecule has 1 aliphatic rings. The third kappa shape index (κ3) is 3.42. The van der Waals surface area contributed by atoms with Gasteiger partial charge in [-0.3, -0.25) is 4.40 Å². The van der Waals surface area contributed by atoms with Crippen molar-refractivity contribution >= 4 is 33.1 Å². The van der Waals surface area contributed by atoms with Gasteiger partial charge in [-0.1, -0.05) is 17.7 Å². The molecule has 1 amide bonds. The van der Waals surface area contributed by atoms with Crippen LogP contribution in [0.3, 0.4) is 0 Å². The Labute approximate surface area is 160 Å². The molecule has 0 aliphatic carbocycles. The minimum absolute atomic E-state index is 0.210. The molecule has 0 bridgehead atoms. The second-order valence-electron chi connectivity index (χ2n) is 6.34. The molecule has 0 aromatic carbocycles. The monoisotopic (exact) mass is 408 g/mol. The van der Waals surface area contributed by atoms with E-state index >= 15 is 0 Å². The zero-order chi connectivity index (χ0) is 19.0. The van der Waals surface area contributed by atoms with Crippen molar-refractivity contribution in [1.29, 1.82) is 0 Å². The Balaban J connectivity index is 1.58. The van der Waals surface area contributed by atoms with E-state index in [4.69, 9.17) is 11.6 Å². The summed E-state index contributed by atoms with van der Waals surface area (Å²) in [4.78, 5) is 22.1. The zero-order valence-electron chi connectivity index (χ0n) is 14.3. The average molecular weight is 409 g/mol. The Morgan fingerprint density at radius 1 is 1.19 bits per heavy atom. The molecular formula is C16H17ClN6O3S. The molecule has 1 fully saturated rings. The van der Waals surface area contributed by atoms with E-state index in [2.05, 4.69) is 15.1 Å². The fourth-order valence-electron chi connectivity index (χ4n) is 3.06. The largest absolute Gasteiger partial charge is 0.346 e. The van der Waals surface area contributed by atoms with Gasteiger partial charge in [0.15, 0.2) is 0 Å². The summed E-state index contributed by atoms with van der Waals surface area (Å²) in [6, 6.07) is 4.92. The molecule has 3 aromatic rings. The van der Waals surface area contributed by atoms with Gasteiger partial charge in [-0.25, -0.2) is 23.2 Å². The lowest BCUT2D eigenvalue weighted by Gasteiger charge is -2.25. The van der Waals surface area contributed by atoms with E-state index in [0.29, 0.717) is 18.7 Å². The van der Waals surface area contributed by atoms with E-state index in [9.17, 15) is 13.2 Å². The molecule has 0 saturated carbocycles. The summed E-state index contributed by atoms with van der Waals surface area (Å²) in [5.74, 6) is -0.449. The highest BCUT2D eigenvalue weighted by molar-refractivity contribution is 7.90. The minimum Gasteiger partial charge on any atom is -0.323 e. The van der Waals surface area contributed by atoms with Crippen LogP contribution in [0.15, 0.2) is 35.9 Å². The van der Waals surface area contributed by atoms with Crippen LogP contribution < -0.4 is 0 Å². The zero-order valence-corrected chi connectivity index (χ0v) is 15.9. The lowest BCUT2D eigenvalue weighted by Crippen LogP contribution is -2.38. The molecular weight excluding hydrogens is 392 g/mol. The molecule has 1 aliphatic heterocycles. The van der Waals surface area contributed by atoms with Gasteiger partial charge in [0.2, 0.25) is 9.84 Å². The first kappa shape index (κ1) is 17.9. The number of imidazole rings is 1. The quantitative estimate of drug-likeness (QED) is 0.656. The van der Waals surface area contributed by atoms with Crippen molar-refractivity contribution in [3.8, 4) is 0 Å². The Kier molecular flexibility index (Phi) is 4.60. The van der Waals surface area contributed by atoms with E-state index in [1.165, 1.54) is 0 Å². The lowest BCUT2D eigenvalue weighted by molar-refractivity contribution is 0.184. The van der Waals surface area contributed by atoms with Crippen LogP contribution in [-0.4, -0.2) is 56.6 Å². The number of rotatable bonds is 3. The van der Waals surface area contributed by atoms with Crippen LogP contribution in [-0.2, 0) is 15.6 Å². The molecule has 9 nitrogen and oxygen atoms in total. The van der Waals surface area contributed by atoms with Crippen molar-refractivity contribution in [2.45, 2.75) is 30.2 Å². The Hall–Kier alpha value is -2.46. The molecule has 1 saturated heterocycles. The molecule has 0 spiro atoms. The van der Waals surface area contributed by atoms with Crippen molar-refractivity contribution in [2.75, 3.05) is 13.1 Å². The number of pyridine rings is 1. The number of sulfone groups is 1. The number of nitrogens with zero attached hydrogens (tertiary/aromatic N) is 6. The van der Waals surface area contributed by atoms with Crippen molar-refractivity contribution in [1.82, 2.24) is 29.0 Å². The molecule has 3 aromatic heterocycles. The summed E-state index contributed by atoms with van der Waals surface area (Å²) in [6.07, 6.45) is 5.77. The van der Waals surface area contributed by atoms with E-state index < -0.39 is 20.7 Å². The van der Waals surface area contributed by atoms with Crippen LogP contribution in [0.1, 0.15) is 25.0 Å². The second-order valence-corrected chi connectivity index (χ2v) is 8.58. The molecule has 0 N–H and O–H groups in total. The van der Waals surface area contributed by atoms with Crippen LogP contribution in [0.4, 0.5) is 4.79 Å². The fraction of sp³-hybridized carbons (Fsp3) is 0.375. The Morgan fingerprint density at radius 2 is 1.96 bits per heavy atom. The van der Waals surface area contributed by atoms with Gasteiger partial charge in [0.1, 0.15) is 22.9 Å². The molecule has 0 atom stereocenters. The first-order valence-electron chi connectivity index (χ1n) is 8.51. The van der Waals surface area contributed by atoms with Crippen molar-refractivity contribution in [3.05, 3.63) is 41.6 Å². The standard InChI is InChI=1S/C16H17ClN6O3S/c17-14-12(19-13-6-2-5-9-22(13)14)10-27(25,26)15-18-11-23(20-15)16(24)21-7-3-1-4-8-21/h2,5-6,9,11H,1,3-4,7-8,10H2. The maximum absolute atomic E-state index is 12.7. The third-order valence-electron chi connectivity index (χ3n) is 4.44. The van der Waals surface area contributed by atoms with Crippen LogP contribution in [0.25, 0.3) is 5.65 Å². The molecule has 11 heteroatoms. The number of halogens is 1. The number of carbonyl (C=O) groups excluding carboxylic acids is 1. The number of aromatic nitrogens is 5. The SMILES string of the molecule is O=C(N1CCCCC1)n1cnc(S(=O)(=O)Cc2nc3ccccn3c2Cl)n1. The topological polar surface area (TPSA) is 102 Å². The number of fused-ring (bicyclic) bond motifs is 1. The maximum Gasteiger partial charge on any atom is 0.346 e. The van der Waals surface area contributed by atoms with Crippen LogP contribution >= 0.6 is 11.6 Å². The summed E-state index contributed by atoms with van der Waals surface area (Å²) in [7, 11) is -3.90. The number of piperidine rings is 1. The van der Waals surface area contributed by atoms with E-state index in [1.54, 1.807) is 33.7 Å². The number of carbonyl (C=O) groups is 1. The molecule has 4 heterocycles. The fourth-order valence-corrected chi connectivity index (χ4v) is 4.51. The number of hydrogen-bond acceptors (Lipinski definition) is 6. The summed E-state index contributed by atoms with van der Waals surface area (Å²) < 4.78 is 27.9. The summed E-state index contributed by atoms with van der Waals surface area (Å²) >= 11 is 6.24. The third-order valence-corrected chi connectivity index (χ3v) is 6.23. The van der Waals surface area contributed by atoms with Crippen molar-refractivity contribution in [2.24, 2.45) is 0 Å². The number of amides is 1. The highest BCUT2D eigenvalue weighted by Crippen LogP contribution is 2.22. The predicted molar refractivity (Wildman–Crippen MR) is 97.3 cm³/mol. The molecule has 0 radical (unpaired) electrons. The van der Waals surface area contributed by atoms with Gasteiger partial charge in [-0.15, -0.1) is 5.10 Å². The molecule has 142 valence electrons. The van der Waals surface area contributed by atoms with Crippen LogP contribution in [0.2, 0.25) is 5.15 Å². The lowest BCUT2D eigenvalue weighted by atomic mass is 10.1. The van der Waals surface area contributed by atoms with Gasteiger partial charge in [-0.05, 0) is 31.4 Å². The highest BCUT2D eigenvalue weighted by atomic mass is 35.5. The predicted octanol–water partition coefficient (Wildman–Crippen LogP) is 2.01. The van der Waals surface area contributed by atoms with Gasteiger partial charge in [0.05, 0.1) is 5.69 Å². The first-order valence-corrected chi connectivity index (χ1v) is 10.5. The highest BCUT2D eigenvalue weighted by Gasteiger charge is 2.27. The van der Waals surface area contributed by atoms with Gasteiger partial charge in [0, 0.05) is 19.3 Å². The average Bonchev–Trinajstić information content (AvgIpc) is 3.28. The van der Waals surface area contributed by atoms with E-state index in [-0.39, 0.29) is 16.9 Å². The second kappa shape index (κ2) is 6.93. The van der Waals surface area contributed by atoms with Gasteiger partial charge in [0.25, 0.3) is 5.16 Å². The molecule has 4 rings (SSSR count). The minimum atomic E-state index is -3.90. The normalized spacial score (nSPS) is 15.4. The molecule has 27 heavy (non-hydrogen) atoms. The Bertz CT molecular complexity index is 1100. The molecule has 0 unspecified atom stereocenters. The van der Waals surface area contributed by atoms with Crippen molar-refractivity contribution in [3.63, 3.8) is 0 Å². The van der Waals surface area contributed by atoms with E-state index in [1.807, 2.05) is 0 Å². The Morgan fingerprint density at radius 3 is 2.70 bits per heavy atom. The number of likely N-dealkylation sites (tertiary alicyclic amines) is 1. The van der Waals surface area contributed by atoms with Gasteiger partial charge < -0.3 is 4.90 Å².